The molecular formula is C8H17N3O3S. The average Bonchev–Trinajstić information content (AvgIpc) is 2.63. The van der Waals surface area contributed by atoms with Crippen LogP contribution in [0.5, 0.6) is 0 Å². The van der Waals surface area contributed by atoms with Gasteiger partial charge in [-0.15, -0.1) is 0 Å². The topological polar surface area (TPSA) is 92.5 Å². The Labute approximate surface area is 89.9 Å². The van der Waals surface area contributed by atoms with Crippen LogP contribution in [0.2, 0.25) is 0 Å². The molecule has 0 atom stereocenters. The Bertz CT molecular complexity index is 309. The van der Waals surface area contributed by atoms with Gasteiger partial charge in [-0.05, 0) is 12.8 Å². The van der Waals surface area contributed by atoms with Crippen molar-refractivity contribution in [3.05, 3.63) is 0 Å². The van der Waals surface area contributed by atoms with Crippen LogP contribution in [0.15, 0.2) is 0 Å². The second kappa shape index (κ2) is 5.43. The molecule has 1 aliphatic rings. The predicted molar refractivity (Wildman–Crippen MR) is 56.7 cm³/mol. The maximum Gasteiger partial charge on any atom is 0.236 e. The summed E-state index contributed by atoms with van der Waals surface area (Å²) in [6.07, 6.45) is 2.12. The van der Waals surface area contributed by atoms with Crippen molar-refractivity contribution in [1.82, 2.24) is 10.2 Å². The van der Waals surface area contributed by atoms with Crippen LogP contribution in [0.25, 0.3) is 0 Å². The van der Waals surface area contributed by atoms with Crippen molar-refractivity contribution in [2.24, 2.45) is 5.14 Å². The molecule has 0 bridgehead atoms. The normalized spacial score (nSPS) is 17.0. The third kappa shape index (κ3) is 5.10. The fourth-order valence-electron chi connectivity index (χ4n) is 1.49. The molecule has 1 fully saturated rings. The Morgan fingerprint density at radius 1 is 1.33 bits per heavy atom. The molecule has 1 saturated heterocycles. The zero-order chi connectivity index (χ0) is 11.3. The lowest BCUT2D eigenvalue weighted by atomic mass is 10.4. The van der Waals surface area contributed by atoms with Crippen molar-refractivity contribution in [3.63, 3.8) is 0 Å². The van der Waals surface area contributed by atoms with Crippen LogP contribution in [-0.2, 0) is 14.8 Å². The lowest BCUT2D eigenvalue weighted by Crippen LogP contribution is -2.38. The number of hydrogen-bond donors (Lipinski definition) is 2. The maximum absolute atomic E-state index is 11.5. The largest absolute Gasteiger partial charge is 0.342 e. The molecule has 1 heterocycles. The van der Waals surface area contributed by atoms with Gasteiger partial charge in [0.2, 0.25) is 15.9 Å². The van der Waals surface area contributed by atoms with Crippen molar-refractivity contribution < 1.29 is 13.2 Å². The fourth-order valence-corrected chi connectivity index (χ4v) is 1.92. The van der Waals surface area contributed by atoms with E-state index in [9.17, 15) is 13.2 Å². The summed E-state index contributed by atoms with van der Waals surface area (Å²) in [5, 5.41) is 7.58. The van der Waals surface area contributed by atoms with E-state index in [1.165, 1.54) is 0 Å². The second-order valence-corrected chi connectivity index (χ2v) is 5.37. The minimum atomic E-state index is -3.43. The highest BCUT2D eigenvalue weighted by atomic mass is 32.2. The number of carbonyl (C=O) groups excluding carboxylic acids is 1. The smallest absolute Gasteiger partial charge is 0.236 e. The van der Waals surface area contributed by atoms with E-state index in [4.69, 9.17) is 5.14 Å². The molecule has 0 aromatic rings. The number of nitrogens with zero attached hydrogens (tertiary/aromatic N) is 1. The molecule has 6 nitrogen and oxygen atoms in total. The van der Waals surface area contributed by atoms with Crippen LogP contribution in [0, 0.1) is 0 Å². The van der Waals surface area contributed by atoms with Gasteiger partial charge in [0.15, 0.2) is 0 Å². The highest BCUT2D eigenvalue weighted by molar-refractivity contribution is 7.89. The Balaban J connectivity index is 2.12. The van der Waals surface area contributed by atoms with E-state index < -0.39 is 10.0 Å². The molecule has 1 rings (SSSR count). The van der Waals surface area contributed by atoms with Gasteiger partial charge < -0.3 is 10.2 Å². The first kappa shape index (κ1) is 12.4. The lowest BCUT2D eigenvalue weighted by Gasteiger charge is -2.15. The maximum atomic E-state index is 11.5. The van der Waals surface area contributed by atoms with Gasteiger partial charge in [-0.2, -0.15) is 0 Å². The fraction of sp³-hybridized carbons (Fsp3) is 0.875. The molecule has 0 aromatic carbocycles. The molecule has 0 aromatic heterocycles. The average molecular weight is 235 g/mol. The molecule has 0 unspecified atom stereocenters. The summed E-state index contributed by atoms with van der Waals surface area (Å²) in [7, 11) is -3.43. The Morgan fingerprint density at radius 2 is 1.93 bits per heavy atom. The number of likely N-dealkylation sites (tertiary alicyclic amines) is 1. The van der Waals surface area contributed by atoms with E-state index in [0.29, 0.717) is 0 Å². The van der Waals surface area contributed by atoms with E-state index >= 15 is 0 Å². The third-order valence-electron chi connectivity index (χ3n) is 2.30. The van der Waals surface area contributed by atoms with Crippen LogP contribution in [0.4, 0.5) is 0 Å². The summed E-state index contributed by atoms with van der Waals surface area (Å²) in [5.74, 6) is -0.109. The molecule has 7 heteroatoms. The number of nitrogens with two attached hydrogens (primary N) is 1. The monoisotopic (exact) mass is 235 g/mol. The molecule has 1 amide bonds. The Morgan fingerprint density at radius 3 is 2.47 bits per heavy atom. The van der Waals surface area contributed by atoms with Gasteiger partial charge >= 0.3 is 0 Å². The summed E-state index contributed by atoms with van der Waals surface area (Å²) in [6, 6.07) is 0. The van der Waals surface area contributed by atoms with Gasteiger partial charge in [0.25, 0.3) is 0 Å². The number of amides is 1. The van der Waals surface area contributed by atoms with Crippen molar-refractivity contribution in [2.75, 3.05) is 31.9 Å². The predicted octanol–water partition coefficient (Wildman–Crippen LogP) is -1.51. The third-order valence-corrected chi connectivity index (χ3v) is 3.07. The summed E-state index contributed by atoms with van der Waals surface area (Å²) in [4.78, 5) is 13.2. The number of nitrogens with one attached hydrogen (secondary N) is 1. The Hall–Kier alpha value is -0.660. The van der Waals surface area contributed by atoms with Crippen LogP contribution in [0.1, 0.15) is 12.8 Å². The van der Waals surface area contributed by atoms with Crippen LogP contribution in [0.3, 0.4) is 0 Å². The molecule has 0 radical (unpaired) electrons. The minimum Gasteiger partial charge on any atom is -0.342 e. The molecular weight excluding hydrogens is 218 g/mol. The first-order chi connectivity index (χ1) is 6.99. The molecule has 0 saturated carbocycles. The number of sulfonamides is 1. The highest BCUT2D eigenvalue weighted by Crippen LogP contribution is 2.06. The van der Waals surface area contributed by atoms with Gasteiger partial charge in [0, 0.05) is 19.6 Å². The number of carbonyl (C=O) groups is 1. The van der Waals surface area contributed by atoms with Gasteiger partial charge in [-0.3, -0.25) is 4.79 Å². The molecule has 15 heavy (non-hydrogen) atoms. The molecule has 0 aliphatic carbocycles. The quantitative estimate of drug-likeness (QED) is 0.566. The highest BCUT2D eigenvalue weighted by Gasteiger charge is 2.16. The number of rotatable bonds is 5. The van der Waals surface area contributed by atoms with Crippen molar-refractivity contribution in [1.29, 1.82) is 0 Å². The van der Waals surface area contributed by atoms with Crippen molar-refractivity contribution >= 4 is 15.9 Å². The first-order valence-corrected chi connectivity index (χ1v) is 6.69. The lowest BCUT2D eigenvalue weighted by molar-refractivity contribution is -0.129. The SMILES string of the molecule is NS(=O)(=O)CCNCC(=O)N1CCCC1. The van der Waals surface area contributed by atoms with E-state index in [1.807, 2.05) is 0 Å². The van der Waals surface area contributed by atoms with E-state index in [2.05, 4.69) is 5.32 Å². The molecule has 88 valence electrons. The van der Waals surface area contributed by atoms with Crippen LogP contribution in [-0.4, -0.2) is 51.2 Å². The number of primary sulfonamides is 1. The van der Waals surface area contributed by atoms with Crippen LogP contribution >= 0.6 is 0 Å². The zero-order valence-corrected chi connectivity index (χ0v) is 9.42. The second-order valence-electron chi connectivity index (χ2n) is 3.63. The first-order valence-electron chi connectivity index (χ1n) is 4.98. The van der Waals surface area contributed by atoms with Gasteiger partial charge in [-0.25, -0.2) is 13.6 Å². The summed E-state index contributed by atoms with van der Waals surface area (Å²) in [6.45, 7) is 2.04. The standard InChI is InChI=1S/C8H17N3O3S/c9-15(13,14)6-3-10-7-8(12)11-4-1-2-5-11/h10H,1-7H2,(H2,9,13,14). The van der Waals surface area contributed by atoms with E-state index in [1.54, 1.807) is 4.90 Å². The van der Waals surface area contributed by atoms with E-state index in [-0.39, 0.29) is 24.7 Å². The van der Waals surface area contributed by atoms with Crippen LogP contribution < -0.4 is 10.5 Å². The number of hydrogen-bond acceptors (Lipinski definition) is 4. The summed E-state index contributed by atoms with van der Waals surface area (Å²) in [5.41, 5.74) is 0. The Kier molecular flexibility index (Phi) is 4.49. The van der Waals surface area contributed by atoms with Gasteiger partial charge in [-0.1, -0.05) is 0 Å². The van der Waals surface area contributed by atoms with Crippen molar-refractivity contribution in [3.8, 4) is 0 Å². The minimum absolute atomic E-state index is 0.0296. The van der Waals surface area contributed by atoms with Crippen molar-refractivity contribution in [2.45, 2.75) is 12.8 Å². The summed E-state index contributed by atoms with van der Waals surface area (Å²) >= 11 is 0. The zero-order valence-electron chi connectivity index (χ0n) is 8.61. The van der Waals surface area contributed by atoms with Gasteiger partial charge in [0.1, 0.15) is 0 Å². The molecule has 0 spiro atoms. The summed E-state index contributed by atoms with van der Waals surface area (Å²) < 4.78 is 21.1. The van der Waals surface area contributed by atoms with E-state index in [0.717, 1.165) is 25.9 Å². The molecule has 1 aliphatic heterocycles. The molecule has 3 N–H and O–H groups in total. The van der Waals surface area contributed by atoms with Gasteiger partial charge in [0.05, 0.1) is 12.3 Å².